The molecule has 4 aromatic rings. The van der Waals surface area contributed by atoms with E-state index in [-0.39, 0.29) is 0 Å². The Morgan fingerprint density at radius 2 is 1.68 bits per heavy atom. The monoisotopic (exact) mass is 369 g/mol. The summed E-state index contributed by atoms with van der Waals surface area (Å²) in [5, 5.41) is 8.53. The number of nitrogens with zero attached hydrogens (tertiary/aromatic N) is 2. The molecule has 0 unspecified atom stereocenters. The van der Waals surface area contributed by atoms with Gasteiger partial charge in [-0.1, -0.05) is 54.6 Å². The number of hydrogen-bond acceptors (Lipinski definition) is 3. The smallest absolute Gasteiger partial charge is 0.134 e. The Labute approximate surface area is 167 Å². The minimum Gasteiger partial charge on any atom is -0.369 e. The second kappa shape index (κ2) is 7.99. The Hall–Kier alpha value is -2.91. The molecule has 1 heterocycles. The highest BCUT2D eigenvalue weighted by Crippen LogP contribution is 2.31. The van der Waals surface area contributed by atoms with Gasteiger partial charge in [0.1, 0.15) is 5.82 Å². The molecular formula is C25H27N3. The zero-order valence-corrected chi connectivity index (χ0v) is 16.9. The molecule has 1 N–H and O–H groups in total. The van der Waals surface area contributed by atoms with Crippen molar-refractivity contribution in [3.63, 3.8) is 0 Å². The molecule has 0 aliphatic carbocycles. The summed E-state index contributed by atoms with van der Waals surface area (Å²) >= 11 is 0. The molecule has 0 atom stereocenters. The molecule has 0 spiro atoms. The first-order valence-corrected chi connectivity index (χ1v) is 9.90. The van der Waals surface area contributed by atoms with E-state index in [1.807, 2.05) is 0 Å². The predicted molar refractivity (Wildman–Crippen MR) is 121 cm³/mol. The summed E-state index contributed by atoms with van der Waals surface area (Å²) in [4.78, 5) is 7.22. The molecule has 0 aliphatic rings. The van der Waals surface area contributed by atoms with Crippen LogP contribution in [0.4, 0.5) is 5.82 Å². The molecular weight excluding hydrogens is 342 g/mol. The Morgan fingerprint density at radius 3 is 2.50 bits per heavy atom. The van der Waals surface area contributed by atoms with Crippen molar-refractivity contribution in [2.24, 2.45) is 0 Å². The van der Waals surface area contributed by atoms with E-state index in [2.05, 4.69) is 98.0 Å². The van der Waals surface area contributed by atoms with Gasteiger partial charge >= 0.3 is 0 Å². The predicted octanol–water partition coefficient (Wildman–Crippen LogP) is 5.73. The number of anilines is 1. The van der Waals surface area contributed by atoms with Crippen molar-refractivity contribution >= 4 is 27.4 Å². The summed E-state index contributed by atoms with van der Waals surface area (Å²) in [6.07, 6.45) is 1.09. The van der Waals surface area contributed by atoms with Crippen LogP contribution < -0.4 is 5.32 Å². The van der Waals surface area contributed by atoms with Crippen LogP contribution in [0.5, 0.6) is 0 Å². The van der Waals surface area contributed by atoms with Gasteiger partial charge in [-0.2, -0.15) is 0 Å². The minimum atomic E-state index is 0.912. The summed E-state index contributed by atoms with van der Waals surface area (Å²) in [7, 11) is 4.22. The van der Waals surface area contributed by atoms with E-state index in [4.69, 9.17) is 4.98 Å². The van der Waals surface area contributed by atoms with Gasteiger partial charge in [0.25, 0.3) is 0 Å². The van der Waals surface area contributed by atoms with Gasteiger partial charge in [-0.05, 0) is 67.8 Å². The van der Waals surface area contributed by atoms with E-state index in [1.165, 1.54) is 27.1 Å². The van der Waals surface area contributed by atoms with Crippen LogP contribution in [0.25, 0.3) is 32.8 Å². The average Bonchev–Trinajstić information content (AvgIpc) is 2.71. The second-order valence-electron chi connectivity index (χ2n) is 7.67. The Morgan fingerprint density at radius 1 is 0.857 bits per heavy atom. The van der Waals surface area contributed by atoms with Gasteiger partial charge in [-0.25, -0.2) is 4.98 Å². The van der Waals surface area contributed by atoms with Gasteiger partial charge in [0, 0.05) is 17.5 Å². The molecule has 0 amide bonds. The first-order chi connectivity index (χ1) is 13.6. The van der Waals surface area contributed by atoms with Gasteiger partial charge in [0.05, 0.1) is 5.69 Å². The minimum absolute atomic E-state index is 0.912. The van der Waals surface area contributed by atoms with Crippen LogP contribution in [-0.4, -0.2) is 37.1 Å². The normalized spacial score (nSPS) is 11.4. The van der Waals surface area contributed by atoms with Gasteiger partial charge < -0.3 is 10.2 Å². The van der Waals surface area contributed by atoms with Crippen LogP contribution in [0.2, 0.25) is 0 Å². The lowest BCUT2D eigenvalue weighted by molar-refractivity contribution is 0.405. The fourth-order valence-corrected chi connectivity index (χ4v) is 3.66. The van der Waals surface area contributed by atoms with Crippen molar-refractivity contribution < 1.29 is 0 Å². The molecule has 3 heteroatoms. The van der Waals surface area contributed by atoms with Crippen molar-refractivity contribution in [1.82, 2.24) is 9.88 Å². The van der Waals surface area contributed by atoms with Gasteiger partial charge in [0.2, 0.25) is 0 Å². The molecule has 4 rings (SSSR count). The summed E-state index contributed by atoms with van der Waals surface area (Å²) in [6.45, 7) is 4.14. The second-order valence-corrected chi connectivity index (χ2v) is 7.67. The molecule has 0 bridgehead atoms. The lowest BCUT2D eigenvalue weighted by Gasteiger charge is -2.14. The molecule has 3 nitrogen and oxygen atoms in total. The lowest BCUT2D eigenvalue weighted by Crippen LogP contribution is -2.16. The molecule has 0 fully saturated rings. The average molecular weight is 370 g/mol. The van der Waals surface area contributed by atoms with E-state index in [1.54, 1.807) is 0 Å². The molecule has 28 heavy (non-hydrogen) atoms. The van der Waals surface area contributed by atoms with Crippen LogP contribution in [0.1, 0.15) is 12.0 Å². The standard InChI is InChI=1S/C25H27N3/c1-18-8-6-11-22-23(18)17-24(27-25(22)26-14-7-15-28(2)3)21-13-12-19-9-4-5-10-20(19)16-21/h4-6,8-13,16-17H,7,14-15H2,1-3H3,(H,26,27). The fourth-order valence-electron chi connectivity index (χ4n) is 3.66. The van der Waals surface area contributed by atoms with E-state index >= 15 is 0 Å². The zero-order chi connectivity index (χ0) is 19.5. The van der Waals surface area contributed by atoms with Crippen molar-refractivity contribution in [2.45, 2.75) is 13.3 Å². The first-order valence-electron chi connectivity index (χ1n) is 9.90. The third-order valence-electron chi connectivity index (χ3n) is 5.21. The molecule has 1 aromatic heterocycles. The summed E-state index contributed by atoms with van der Waals surface area (Å²) < 4.78 is 0. The van der Waals surface area contributed by atoms with E-state index in [0.29, 0.717) is 0 Å². The van der Waals surface area contributed by atoms with Gasteiger partial charge in [0.15, 0.2) is 0 Å². The van der Waals surface area contributed by atoms with Gasteiger partial charge in [-0.3, -0.25) is 0 Å². The van der Waals surface area contributed by atoms with Crippen molar-refractivity contribution in [2.75, 3.05) is 32.5 Å². The van der Waals surface area contributed by atoms with Crippen LogP contribution in [0.15, 0.2) is 66.7 Å². The van der Waals surface area contributed by atoms with E-state index < -0.39 is 0 Å². The maximum Gasteiger partial charge on any atom is 0.134 e. The third-order valence-corrected chi connectivity index (χ3v) is 5.21. The number of hydrogen-bond donors (Lipinski definition) is 1. The number of fused-ring (bicyclic) bond motifs is 2. The van der Waals surface area contributed by atoms with Crippen molar-refractivity contribution in [3.05, 3.63) is 72.3 Å². The summed E-state index contributed by atoms with van der Waals surface area (Å²) in [6, 6.07) is 23.7. The molecule has 3 aromatic carbocycles. The van der Waals surface area contributed by atoms with E-state index in [9.17, 15) is 0 Å². The van der Waals surface area contributed by atoms with Crippen LogP contribution in [0.3, 0.4) is 0 Å². The Bertz CT molecular complexity index is 1120. The summed E-state index contributed by atoms with van der Waals surface area (Å²) in [5.74, 6) is 0.975. The first kappa shape index (κ1) is 18.5. The SMILES string of the molecule is Cc1cccc2c(NCCCN(C)C)nc(-c3ccc4ccccc4c3)cc12. The quantitative estimate of drug-likeness (QED) is 0.440. The molecule has 0 saturated heterocycles. The van der Waals surface area contributed by atoms with Crippen molar-refractivity contribution in [3.8, 4) is 11.3 Å². The maximum absolute atomic E-state index is 5.01. The van der Waals surface area contributed by atoms with Crippen LogP contribution in [-0.2, 0) is 0 Å². The molecule has 0 radical (unpaired) electrons. The molecule has 142 valence electrons. The number of nitrogens with one attached hydrogen (secondary N) is 1. The number of rotatable bonds is 6. The lowest BCUT2D eigenvalue weighted by atomic mass is 10.0. The van der Waals surface area contributed by atoms with Gasteiger partial charge in [-0.15, -0.1) is 0 Å². The Balaban J connectivity index is 1.76. The summed E-state index contributed by atoms with van der Waals surface area (Å²) in [5.41, 5.74) is 3.45. The highest BCUT2D eigenvalue weighted by molar-refractivity contribution is 5.97. The van der Waals surface area contributed by atoms with Crippen molar-refractivity contribution in [1.29, 1.82) is 0 Å². The number of aryl methyl sites for hydroxylation is 1. The van der Waals surface area contributed by atoms with Crippen LogP contribution in [0, 0.1) is 6.92 Å². The zero-order valence-electron chi connectivity index (χ0n) is 16.9. The maximum atomic E-state index is 5.01. The number of aromatic nitrogens is 1. The van der Waals surface area contributed by atoms with Crippen LogP contribution >= 0.6 is 0 Å². The molecule has 0 saturated carbocycles. The largest absolute Gasteiger partial charge is 0.369 e. The van der Waals surface area contributed by atoms with E-state index in [0.717, 1.165) is 36.6 Å². The highest BCUT2D eigenvalue weighted by Gasteiger charge is 2.10. The molecule has 0 aliphatic heterocycles. The third kappa shape index (κ3) is 3.85. The fraction of sp³-hybridized carbons (Fsp3) is 0.240. The highest BCUT2D eigenvalue weighted by atomic mass is 15.1. The number of benzene rings is 3. The number of pyridine rings is 1. The topological polar surface area (TPSA) is 28.2 Å². The Kier molecular flexibility index (Phi) is 5.27.